The van der Waals surface area contributed by atoms with Crippen LogP contribution >= 0.6 is 0 Å². The van der Waals surface area contributed by atoms with Gasteiger partial charge in [-0.2, -0.15) is 0 Å². The Morgan fingerprint density at radius 2 is 1.25 bits per heavy atom. The van der Waals surface area contributed by atoms with Crippen molar-refractivity contribution in [2.45, 2.75) is 47.3 Å². The first-order chi connectivity index (χ1) is 11.0. The summed E-state index contributed by atoms with van der Waals surface area (Å²) in [7, 11) is 3.40. The van der Waals surface area contributed by atoms with Crippen molar-refractivity contribution in [3.05, 3.63) is 54.1 Å². The molecule has 2 nitrogen and oxygen atoms in total. The third-order valence-electron chi connectivity index (χ3n) is 5.49. The van der Waals surface area contributed by atoms with Crippen LogP contribution in [0.2, 0.25) is 0 Å². The number of benzene rings is 1. The average Bonchev–Trinajstić information content (AvgIpc) is 2.52. The Labute approximate surface area is 147 Å². The monoisotopic (exact) mass is 328 g/mol. The second-order valence-electron chi connectivity index (χ2n) is 8.70. The highest BCUT2D eigenvalue weighted by atomic mass is 16.7. The quantitative estimate of drug-likeness (QED) is 0.523. The first-order valence-corrected chi connectivity index (χ1v) is 8.62. The minimum atomic E-state index is -0.846. The van der Waals surface area contributed by atoms with E-state index in [1.807, 2.05) is 6.07 Å². The van der Waals surface area contributed by atoms with Crippen LogP contribution in [0, 0.1) is 16.2 Å². The standard InChI is InChI=1S/C22H32O2/c1-19(2,3)21(20(4,5)6)14-15-22(23-7,24-8)18(16-21)17-12-10-9-11-13-17/h9-16H,1-8H3. The van der Waals surface area contributed by atoms with Gasteiger partial charge in [-0.1, -0.05) is 84.0 Å². The number of rotatable bonds is 3. The normalized spacial score (nSPS) is 19.9. The minimum Gasteiger partial charge on any atom is -0.346 e. The van der Waals surface area contributed by atoms with Gasteiger partial charge in [0.2, 0.25) is 5.79 Å². The lowest BCUT2D eigenvalue weighted by atomic mass is 9.52. The van der Waals surface area contributed by atoms with Crippen LogP contribution in [-0.2, 0) is 9.47 Å². The Morgan fingerprint density at radius 3 is 1.67 bits per heavy atom. The zero-order valence-electron chi connectivity index (χ0n) is 16.4. The van der Waals surface area contributed by atoms with Crippen molar-refractivity contribution in [1.82, 2.24) is 0 Å². The highest BCUT2D eigenvalue weighted by Gasteiger charge is 2.51. The van der Waals surface area contributed by atoms with Crippen molar-refractivity contribution in [3.63, 3.8) is 0 Å². The largest absolute Gasteiger partial charge is 0.346 e. The van der Waals surface area contributed by atoms with Gasteiger partial charge in [-0.05, 0) is 22.5 Å². The number of hydrogen-bond donors (Lipinski definition) is 0. The second-order valence-corrected chi connectivity index (χ2v) is 8.70. The molecule has 2 heteroatoms. The van der Waals surface area contributed by atoms with Gasteiger partial charge in [0.1, 0.15) is 0 Å². The Hall–Kier alpha value is -1.38. The van der Waals surface area contributed by atoms with E-state index in [2.05, 4.69) is 84.0 Å². The molecular formula is C22H32O2. The molecule has 0 aliphatic heterocycles. The topological polar surface area (TPSA) is 18.5 Å². The molecule has 24 heavy (non-hydrogen) atoms. The molecule has 0 unspecified atom stereocenters. The summed E-state index contributed by atoms with van der Waals surface area (Å²) in [6.07, 6.45) is 6.74. The summed E-state index contributed by atoms with van der Waals surface area (Å²) in [6, 6.07) is 10.4. The zero-order chi connectivity index (χ0) is 18.2. The van der Waals surface area contributed by atoms with Gasteiger partial charge in [-0.25, -0.2) is 0 Å². The van der Waals surface area contributed by atoms with Crippen LogP contribution in [0.4, 0.5) is 0 Å². The molecule has 0 heterocycles. The number of ether oxygens (including phenoxy) is 2. The molecule has 132 valence electrons. The summed E-state index contributed by atoms with van der Waals surface area (Å²) >= 11 is 0. The van der Waals surface area contributed by atoms with Gasteiger partial charge in [-0.15, -0.1) is 0 Å². The first-order valence-electron chi connectivity index (χ1n) is 8.62. The summed E-state index contributed by atoms with van der Waals surface area (Å²) in [5, 5.41) is 0. The summed E-state index contributed by atoms with van der Waals surface area (Å²) in [4.78, 5) is 0. The number of methoxy groups -OCH3 is 2. The molecule has 0 spiro atoms. The van der Waals surface area contributed by atoms with E-state index in [1.165, 1.54) is 0 Å². The molecule has 1 aromatic rings. The van der Waals surface area contributed by atoms with Crippen LogP contribution in [-0.4, -0.2) is 20.0 Å². The fraction of sp³-hybridized carbons (Fsp3) is 0.545. The molecule has 0 atom stereocenters. The van der Waals surface area contributed by atoms with Crippen LogP contribution in [0.15, 0.2) is 48.6 Å². The van der Waals surface area contributed by atoms with E-state index in [9.17, 15) is 0 Å². The van der Waals surface area contributed by atoms with Gasteiger partial charge in [-0.3, -0.25) is 0 Å². The van der Waals surface area contributed by atoms with E-state index in [4.69, 9.17) is 9.47 Å². The number of allylic oxidation sites excluding steroid dienone is 2. The van der Waals surface area contributed by atoms with Crippen molar-refractivity contribution >= 4 is 5.57 Å². The Kier molecular flexibility index (Phi) is 4.87. The minimum absolute atomic E-state index is 0.0510. The average molecular weight is 328 g/mol. The predicted molar refractivity (Wildman–Crippen MR) is 102 cm³/mol. The van der Waals surface area contributed by atoms with Gasteiger partial charge in [0, 0.05) is 25.2 Å². The van der Waals surface area contributed by atoms with Gasteiger partial charge >= 0.3 is 0 Å². The third kappa shape index (κ3) is 2.87. The van der Waals surface area contributed by atoms with Crippen molar-refractivity contribution in [2.75, 3.05) is 14.2 Å². The highest BCUT2D eigenvalue weighted by Crippen LogP contribution is 2.58. The van der Waals surface area contributed by atoms with Crippen molar-refractivity contribution < 1.29 is 9.47 Å². The molecule has 0 fully saturated rings. The van der Waals surface area contributed by atoms with Crippen molar-refractivity contribution in [3.8, 4) is 0 Å². The summed E-state index contributed by atoms with van der Waals surface area (Å²) in [6.45, 7) is 13.8. The van der Waals surface area contributed by atoms with Crippen LogP contribution in [0.1, 0.15) is 47.1 Å². The summed E-state index contributed by atoms with van der Waals surface area (Å²) in [5.41, 5.74) is 2.18. The molecule has 1 aliphatic rings. The van der Waals surface area contributed by atoms with Gasteiger partial charge in [0.05, 0.1) is 0 Å². The molecule has 0 bridgehead atoms. The van der Waals surface area contributed by atoms with Crippen LogP contribution in [0.5, 0.6) is 0 Å². The lowest BCUT2D eigenvalue weighted by Gasteiger charge is -2.53. The third-order valence-corrected chi connectivity index (χ3v) is 5.49. The second kappa shape index (κ2) is 6.16. The maximum Gasteiger partial charge on any atom is 0.214 e. The highest BCUT2D eigenvalue weighted by molar-refractivity contribution is 5.76. The number of hydrogen-bond acceptors (Lipinski definition) is 2. The maximum absolute atomic E-state index is 5.84. The van der Waals surface area contributed by atoms with E-state index < -0.39 is 5.79 Å². The lowest BCUT2D eigenvalue weighted by Crippen LogP contribution is -2.48. The Bertz CT molecular complexity index is 606. The van der Waals surface area contributed by atoms with E-state index in [1.54, 1.807) is 14.2 Å². The van der Waals surface area contributed by atoms with Gasteiger partial charge in [0.25, 0.3) is 0 Å². The predicted octanol–water partition coefficient (Wildman–Crippen LogP) is 5.71. The maximum atomic E-state index is 5.84. The molecule has 2 rings (SSSR count). The fourth-order valence-corrected chi connectivity index (χ4v) is 4.11. The first kappa shape index (κ1) is 19.0. The van der Waals surface area contributed by atoms with E-state index >= 15 is 0 Å². The van der Waals surface area contributed by atoms with Crippen LogP contribution < -0.4 is 0 Å². The SMILES string of the molecule is COC1(OC)C=CC(C(C)(C)C)(C(C)(C)C)C=C1c1ccccc1. The summed E-state index contributed by atoms with van der Waals surface area (Å²) in [5.74, 6) is -0.846. The van der Waals surface area contributed by atoms with Crippen molar-refractivity contribution in [2.24, 2.45) is 16.2 Å². The van der Waals surface area contributed by atoms with E-state index in [0.29, 0.717) is 0 Å². The van der Waals surface area contributed by atoms with Crippen LogP contribution in [0.25, 0.3) is 5.57 Å². The Balaban J connectivity index is 2.78. The van der Waals surface area contributed by atoms with E-state index in [-0.39, 0.29) is 16.2 Å². The summed E-state index contributed by atoms with van der Waals surface area (Å²) < 4.78 is 11.7. The molecule has 0 radical (unpaired) electrons. The molecule has 0 saturated carbocycles. The zero-order valence-corrected chi connectivity index (χ0v) is 16.4. The van der Waals surface area contributed by atoms with Crippen molar-refractivity contribution in [1.29, 1.82) is 0 Å². The molecule has 0 saturated heterocycles. The smallest absolute Gasteiger partial charge is 0.214 e. The molecule has 0 N–H and O–H groups in total. The molecular weight excluding hydrogens is 296 g/mol. The fourth-order valence-electron chi connectivity index (χ4n) is 4.11. The molecule has 1 aromatic carbocycles. The van der Waals surface area contributed by atoms with Gasteiger partial charge < -0.3 is 9.47 Å². The Morgan fingerprint density at radius 1 is 0.750 bits per heavy atom. The molecule has 1 aliphatic carbocycles. The molecule has 0 amide bonds. The lowest BCUT2D eigenvalue weighted by molar-refractivity contribution is -0.128. The van der Waals surface area contributed by atoms with Crippen LogP contribution in [0.3, 0.4) is 0 Å². The molecule has 0 aromatic heterocycles. The van der Waals surface area contributed by atoms with Gasteiger partial charge in [0.15, 0.2) is 0 Å². The van der Waals surface area contributed by atoms with E-state index in [0.717, 1.165) is 11.1 Å².